The zero-order valence-corrected chi connectivity index (χ0v) is 9.98. The number of aromatic nitrogens is 2. The zero-order valence-electron chi connectivity index (χ0n) is 9.98. The Morgan fingerprint density at radius 1 is 1.44 bits per heavy atom. The Balaban J connectivity index is 2.56. The summed E-state index contributed by atoms with van der Waals surface area (Å²) < 4.78 is 2.03. The van der Waals surface area contributed by atoms with Crippen molar-refractivity contribution in [3.63, 3.8) is 0 Å². The predicted octanol–water partition coefficient (Wildman–Crippen LogP) is 1.86. The second-order valence-electron chi connectivity index (χ2n) is 3.97. The summed E-state index contributed by atoms with van der Waals surface area (Å²) in [5, 5.41) is 0. The van der Waals surface area contributed by atoms with Gasteiger partial charge in [-0.15, -0.1) is 0 Å². The molecule has 0 saturated heterocycles. The molecular formula is C12H15N3O. The van der Waals surface area contributed by atoms with E-state index in [1.165, 1.54) is 0 Å². The number of fused-ring (bicyclic) bond motifs is 1. The first kappa shape index (κ1) is 10.7. The van der Waals surface area contributed by atoms with E-state index in [1.54, 1.807) is 18.9 Å². The first-order valence-corrected chi connectivity index (χ1v) is 5.18. The highest BCUT2D eigenvalue weighted by atomic mass is 16.2. The molecule has 0 aliphatic rings. The summed E-state index contributed by atoms with van der Waals surface area (Å²) in [6, 6.07) is 5.86. The van der Waals surface area contributed by atoms with Gasteiger partial charge in [-0.05, 0) is 25.1 Å². The number of amides is 1. The summed E-state index contributed by atoms with van der Waals surface area (Å²) in [6.07, 6.45) is 0. The van der Waals surface area contributed by atoms with Crippen molar-refractivity contribution in [3.8, 4) is 0 Å². The molecule has 0 saturated carbocycles. The van der Waals surface area contributed by atoms with Gasteiger partial charge in [0, 0.05) is 26.7 Å². The van der Waals surface area contributed by atoms with E-state index in [4.69, 9.17) is 0 Å². The normalized spacial score (nSPS) is 10.8. The fourth-order valence-electron chi connectivity index (χ4n) is 1.70. The fourth-order valence-corrected chi connectivity index (χ4v) is 1.70. The van der Waals surface area contributed by atoms with Crippen LogP contribution in [0, 0.1) is 6.92 Å². The van der Waals surface area contributed by atoms with Crippen LogP contribution in [0.25, 0.3) is 11.0 Å². The number of hydrogen-bond acceptors (Lipinski definition) is 2. The maximum absolute atomic E-state index is 11.3. The first-order valence-electron chi connectivity index (χ1n) is 5.18. The van der Waals surface area contributed by atoms with Gasteiger partial charge in [-0.1, -0.05) is 0 Å². The lowest BCUT2D eigenvalue weighted by atomic mass is 10.2. The van der Waals surface area contributed by atoms with Gasteiger partial charge in [0.1, 0.15) is 5.82 Å². The Morgan fingerprint density at radius 3 is 2.75 bits per heavy atom. The number of benzene rings is 1. The number of anilines is 1. The Kier molecular flexibility index (Phi) is 2.42. The molecular weight excluding hydrogens is 202 g/mol. The summed E-state index contributed by atoms with van der Waals surface area (Å²) in [5.41, 5.74) is 2.88. The third-order valence-corrected chi connectivity index (χ3v) is 2.95. The molecule has 1 amide bonds. The van der Waals surface area contributed by atoms with E-state index in [9.17, 15) is 4.79 Å². The van der Waals surface area contributed by atoms with Gasteiger partial charge in [-0.2, -0.15) is 0 Å². The van der Waals surface area contributed by atoms with Gasteiger partial charge in [0.25, 0.3) is 0 Å². The van der Waals surface area contributed by atoms with Gasteiger partial charge in [0.2, 0.25) is 5.91 Å². The minimum absolute atomic E-state index is 0.0204. The molecule has 1 aromatic heterocycles. The van der Waals surface area contributed by atoms with Crippen LogP contribution in [0.2, 0.25) is 0 Å². The molecule has 0 aliphatic carbocycles. The molecule has 0 spiro atoms. The highest BCUT2D eigenvalue weighted by Gasteiger charge is 2.09. The molecule has 4 nitrogen and oxygen atoms in total. The summed E-state index contributed by atoms with van der Waals surface area (Å²) in [5.74, 6) is 0.990. The van der Waals surface area contributed by atoms with Gasteiger partial charge in [-0.25, -0.2) is 4.98 Å². The summed E-state index contributed by atoms with van der Waals surface area (Å²) >= 11 is 0. The lowest BCUT2D eigenvalue weighted by Crippen LogP contribution is -2.22. The smallest absolute Gasteiger partial charge is 0.223 e. The topological polar surface area (TPSA) is 38.1 Å². The molecule has 0 radical (unpaired) electrons. The Bertz CT molecular complexity index is 557. The largest absolute Gasteiger partial charge is 0.331 e. The Labute approximate surface area is 94.5 Å². The third kappa shape index (κ3) is 1.56. The number of nitrogens with zero attached hydrogens (tertiary/aromatic N) is 3. The molecule has 0 N–H and O–H groups in total. The molecule has 1 aromatic carbocycles. The quantitative estimate of drug-likeness (QED) is 0.731. The van der Waals surface area contributed by atoms with E-state index in [0.717, 1.165) is 22.5 Å². The molecule has 1 heterocycles. The zero-order chi connectivity index (χ0) is 11.9. The third-order valence-electron chi connectivity index (χ3n) is 2.95. The number of carbonyl (C=O) groups is 1. The fraction of sp³-hybridized carbons (Fsp3) is 0.333. The molecule has 0 fully saturated rings. The van der Waals surface area contributed by atoms with Crippen LogP contribution in [-0.4, -0.2) is 22.5 Å². The maximum Gasteiger partial charge on any atom is 0.223 e. The molecule has 0 aliphatic heterocycles. The van der Waals surface area contributed by atoms with Crippen molar-refractivity contribution < 1.29 is 4.79 Å². The van der Waals surface area contributed by atoms with Crippen LogP contribution < -0.4 is 4.90 Å². The number of aryl methyl sites for hydroxylation is 2. The number of hydrogen-bond donors (Lipinski definition) is 0. The van der Waals surface area contributed by atoms with Crippen LogP contribution in [0.4, 0.5) is 5.69 Å². The Morgan fingerprint density at radius 2 is 2.12 bits per heavy atom. The number of rotatable bonds is 1. The molecule has 0 bridgehead atoms. The first-order chi connectivity index (χ1) is 7.50. The monoisotopic (exact) mass is 217 g/mol. The summed E-state index contributed by atoms with van der Waals surface area (Å²) in [6.45, 7) is 3.52. The van der Waals surface area contributed by atoms with Crippen molar-refractivity contribution in [2.45, 2.75) is 13.8 Å². The van der Waals surface area contributed by atoms with Gasteiger partial charge in [-0.3, -0.25) is 4.79 Å². The van der Waals surface area contributed by atoms with E-state index in [1.807, 2.05) is 36.7 Å². The van der Waals surface area contributed by atoms with Crippen LogP contribution in [0.15, 0.2) is 18.2 Å². The van der Waals surface area contributed by atoms with Crippen LogP contribution in [0.3, 0.4) is 0 Å². The lowest BCUT2D eigenvalue weighted by Gasteiger charge is -2.14. The molecule has 0 atom stereocenters. The average Bonchev–Trinajstić information content (AvgIpc) is 2.53. The van der Waals surface area contributed by atoms with E-state index in [2.05, 4.69) is 4.98 Å². The Hall–Kier alpha value is -1.84. The van der Waals surface area contributed by atoms with Gasteiger partial charge in [0.05, 0.1) is 11.0 Å². The molecule has 4 heteroatoms. The predicted molar refractivity (Wildman–Crippen MR) is 64.5 cm³/mol. The van der Waals surface area contributed by atoms with Crippen molar-refractivity contribution >= 4 is 22.6 Å². The lowest BCUT2D eigenvalue weighted by molar-refractivity contribution is -0.116. The maximum atomic E-state index is 11.3. The van der Waals surface area contributed by atoms with Crippen LogP contribution in [0.1, 0.15) is 12.7 Å². The van der Waals surface area contributed by atoms with Crippen LogP contribution in [0.5, 0.6) is 0 Å². The molecule has 16 heavy (non-hydrogen) atoms. The van der Waals surface area contributed by atoms with Crippen LogP contribution >= 0.6 is 0 Å². The van der Waals surface area contributed by atoms with E-state index in [-0.39, 0.29) is 5.91 Å². The standard InChI is InChI=1S/C12H15N3O/c1-8-13-11-7-10(15(4)9(2)16)5-6-12(11)14(8)3/h5-7H,1-4H3. The molecule has 2 rings (SSSR count). The minimum atomic E-state index is 0.0204. The number of carbonyl (C=O) groups excluding carboxylic acids is 1. The van der Waals surface area contributed by atoms with Gasteiger partial charge >= 0.3 is 0 Å². The highest BCUT2D eigenvalue weighted by Crippen LogP contribution is 2.21. The summed E-state index contributed by atoms with van der Waals surface area (Å²) in [7, 11) is 3.75. The SMILES string of the molecule is CC(=O)N(C)c1ccc2c(c1)nc(C)n2C. The van der Waals surface area contributed by atoms with Crippen molar-refractivity contribution in [1.82, 2.24) is 9.55 Å². The van der Waals surface area contributed by atoms with E-state index in [0.29, 0.717) is 0 Å². The second kappa shape index (κ2) is 3.63. The minimum Gasteiger partial charge on any atom is -0.331 e. The van der Waals surface area contributed by atoms with Crippen molar-refractivity contribution in [2.24, 2.45) is 7.05 Å². The summed E-state index contributed by atoms with van der Waals surface area (Å²) in [4.78, 5) is 17.3. The van der Waals surface area contributed by atoms with E-state index >= 15 is 0 Å². The van der Waals surface area contributed by atoms with Crippen molar-refractivity contribution in [2.75, 3.05) is 11.9 Å². The van der Waals surface area contributed by atoms with Crippen molar-refractivity contribution in [3.05, 3.63) is 24.0 Å². The molecule has 2 aromatic rings. The number of imidazole rings is 1. The van der Waals surface area contributed by atoms with Gasteiger partial charge < -0.3 is 9.47 Å². The molecule has 84 valence electrons. The van der Waals surface area contributed by atoms with E-state index < -0.39 is 0 Å². The molecule has 0 unspecified atom stereocenters. The van der Waals surface area contributed by atoms with Crippen LogP contribution in [-0.2, 0) is 11.8 Å². The highest BCUT2D eigenvalue weighted by molar-refractivity contribution is 5.93. The van der Waals surface area contributed by atoms with Crippen molar-refractivity contribution in [1.29, 1.82) is 0 Å². The van der Waals surface area contributed by atoms with Gasteiger partial charge in [0.15, 0.2) is 0 Å². The average molecular weight is 217 g/mol. The second-order valence-corrected chi connectivity index (χ2v) is 3.97.